The second-order valence-electron chi connectivity index (χ2n) is 4.71. The molecule has 0 aliphatic carbocycles. The molecule has 5 nitrogen and oxygen atoms in total. The van der Waals surface area contributed by atoms with E-state index in [1.54, 1.807) is 4.68 Å². The summed E-state index contributed by atoms with van der Waals surface area (Å²) in [4.78, 5) is 14.3. The summed E-state index contributed by atoms with van der Waals surface area (Å²) in [5.74, 6) is -0.0135. The lowest BCUT2D eigenvalue weighted by Gasteiger charge is -2.37. The van der Waals surface area contributed by atoms with Crippen molar-refractivity contribution in [1.82, 2.24) is 14.7 Å². The van der Waals surface area contributed by atoms with Gasteiger partial charge in [0.25, 0.3) is 5.91 Å². The van der Waals surface area contributed by atoms with Gasteiger partial charge in [0.2, 0.25) is 0 Å². The van der Waals surface area contributed by atoms with E-state index in [-0.39, 0.29) is 18.1 Å². The maximum Gasteiger partial charge on any atom is 0.274 e. The fourth-order valence-electron chi connectivity index (χ4n) is 2.01. The van der Waals surface area contributed by atoms with Crippen LogP contribution in [0, 0.1) is 6.92 Å². The Morgan fingerprint density at radius 1 is 1.67 bits per heavy atom. The van der Waals surface area contributed by atoms with Crippen LogP contribution in [-0.4, -0.2) is 51.2 Å². The molecule has 1 aromatic heterocycles. The zero-order chi connectivity index (χ0) is 13.3. The normalized spacial score (nSPS) is 24.3. The molecule has 1 aliphatic heterocycles. The fourth-order valence-corrected chi connectivity index (χ4v) is 2.40. The lowest BCUT2D eigenvalue weighted by atomic mass is 10.2. The van der Waals surface area contributed by atoms with Gasteiger partial charge in [0, 0.05) is 24.6 Å². The molecule has 2 unspecified atom stereocenters. The van der Waals surface area contributed by atoms with Gasteiger partial charge in [-0.15, -0.1) is 0 Å². The Hall–Kier alpha value is -0.880. The number of nitrogens with zero attached hydrogens (tertiary/aromatic N) is 3. The molecule has 2 rings (SSSR count). The molecular formula is C12H18BrN3O2. The summed E-state index contributed by atoms with van der Waals surface area (Å²) in [6.07, 6.45) is 0.0648. The molecule has 1 amide bonds. The van der Waals surface area contributed by atoms with E-state index in [1.165, 1.54) is 0 Å². The molecular weight excluding hydrogens is 298 g/mol. The van der Waals surface area contributed by atoms with Crippen LogP contribution >= 0.6 is 15.9 Å². The van der Waals surface area contributed by atoms with Crippen molar-refractivity contribution in [3.63, 3.8) is 0 Å². The number of hydrogen-bond donors (Lipinski definition) is 0. The number of morpholine rings is 1. The Bertz CT molecular complexity index is 427. The Balaban J connectivity index is 2.16. The molecule has 100 valence electrons. The molecule has 0 aromatic carbocycles. The molecule has 18 heavy (non-hydrogen) atoms. The molecule has 0 saturated carbocycles. The number of ether oxygens (including phenoxy) is 1. The summed E-state index contributed by atoms with van der Waals surface area (Å²) in [5.41, 5.74) is 1.49. The van der Waals surface area contributed by atoms with Crippen molar-refractivity contribution in [3.8, 4) is 0 Å². The molecule has 1 aliphatic rings. The summed E-state index contributed by atoms with van der Waals surface area (Å²) < 4.78 is 7.34. The van der Waals surface area contributed by atoms with Crippen molar-refractivity contribution < 1.29 is 9.53 Å². The number of alkyl halides is 1. The van der Waals surface area contributed by atoms with Crippen LogP contribution in [0.25, 0.3) is 0 Å². The van der Waals surface area contributed by atoms with E-state index in [0.717, 1.165) is 11.0 Å². The van der Waals surface area contributed by atoms with Crippen molar-refractivity contribution in [1.29, 1.82) is 0 Å². The molecule has 2 heterocycles. The minimum absolute atomic E-state index is 0.0135. The van der Waals surface area contributed by atoms with E-state index in [4.69, 9.17) is 4.74 Å². The Morgan fingerprint density at radius 2 is 2.39 bits per heavy atom. The maximum absolute atomic E-state index is 12.4. The molecule has 6 heteroatoms. The predicted molar refractivity (Wildman–Crippen MR) is 72.0 cm³/mol. The number of hydrogen-bond acceptors (Lipinski definition) is 3. The number of halogens is 1. The van der Waals surface area contributed by atoms with E-state index < -0.39 is 0 Å². The molecule has 2 atom stereocenters. The van der Waals surface area contributed by atoms with Crippen LogP contribution in [0.3, 0.4) is 0 Å². The van der Waals surface area contributed by atoms with Gasteiger partial charge in [0.05, 0.1) is 18.8 Å². The maximum atomic E-state index is 12.4. The first-order valence-corrected chi connectivity index (χ1v) is 7.14. The number of rotatable bonds is 2. The number of aromatic nitrogens is 2. The minimum atomic E-state index is -0.0135. The molecule has 0 N–H and O–H groups in total. The van der Waals surface area contributed by atoms with Crippen molar-refractivity contribution in [2.24, 2.45) is 7.05 Å². The van der Waals surface area contributed by atoms with Gasteiger partial charge >= 0.3 is 0 Å². The second-order valence-corrected chi connectivity index (χ2v) is 5.36. The monoisotopic (exact) mass is 315 g/mol. The highest BCUT2D eigenvalue weighted by Crippen LogP contribution is 2.16. The molecule has 1 fully saturated rings. The Labute approximate surface area is 115 Å². The topological polar surface area (TPSA) is 47.4 Å². The molecule has 0 spiro atoms. The number of amides is 1. The van der Waals surface area contributed by atoms with E-state index in [9.17, 15) is 4.79 Å². The van der Waals surface area contributed by atoms with Crippen LogP contribution in [0.5, 0.6) is 0 Å². The van der Waals surface area contributed by atoms with E-state index in [2.05, 4.69) is 21.0 Å². The number of carbonyl (C=O) groups excluding carboxylic acids is 1. The standard InChI is InChI=1S/C12H18BrN3O2/c1-8-4-11(14-15(8)3)12(17)16-6-10(5-13)18-7-9(16)2/h4,9-10H,5-7H2,1-3H3. The summed E-state index contributed by atoms with van der Waals surface area (Å²) in [7, 11) is 1.84. The highest BCUT2D eigenvalue weighted by atomic mass is 79.9. The minimum Gasteiger partial charge on any atom is -0.373 e. The van der Waals surface area contributed by atoms with Gasteiger partial charge in [0.1, 0.15) is 0 Å². The highest BCUT2D eigenvalue weighted by molar-refractivity contribution is 9.09. The van der Waals surface area contributed by atoms with Crippen LogP contribution in [0.1, 0.15) is 23.1 Å². The summed E-state index contributed by atoms with van der Waals surface area (Å²) >= 11 is 3.40. The number of carbonyl (C=O) groups is 1. The average molecular weight is 316 g/mol. The smallest absolute Gasteiger partial charge is 0.274 e. The van der Waals surface area contributed by atoms with E-state index >= 15 is 0 Å². The van der Waals surface area contributed by atoms with Gasteiger partial charge in [-0.1, -0.05) is 15.9 Å². The molecule has 1 saturated heterocycles. The lowest BCUT2D eigenvalue weighted by Crippen LogP contribution is -2.51. The van der Waals surface area contributed by atoms with Crippen LogP contribution < -0.4 is 0 Å². The summed E-state index contributed by atoms with van der Waals surface area (Å²) in [6, 6.07) is 1.92. The zero-order valence-electron chi connectivity index (χ0n) is 10.9. The van der Waals surface area contributed by atoms with Crippen molar-refractivity contribution in [2.45, 2.75) is 26.0 Å². The SMILES string of the molecule is Cc1cc(C(=O)N2CC(CBr)OCC2C)nn1C. The quantitative estimate of drug-likeness (QED) is 0.774. The van der Waals surface area contributed by atoms with Gasteiger partial charge in [0.15, 0.2) is 5.69 Å². The van der Waals surface area contributed by atoms with Crippen molar-refractivity contribution in [3.05, 3.63) is 17.5 Å². The predicted octanol–water partition coefficient (Wildman–Crippen LogP) is 1.35. The molecule has 1 aromatic rings. The van der Waals surface area contributed by atoms with Crippen LogP contribution in [0.15, 0.2) is 6.07 Å². The van der Waals surface area contributed by atoms with Gasteiger partial charge in [-0.3, -0.25) is 9.48 Å². The third-order valence-electron chi connectivity index (χ3n) is 3.27. The van der Waals surface area contributed by atoms with Gasteiger partial charge in [-0.05, 0) is 19.9 Å². The first-order chi connectivity index (χ1) is 8.52. The summed E-state index contributed by atoms with van der Waals surface area (Å²) in [6.45, 7) is 5.13. The van der Waals surface area contributed by atoms with E-state index in [1.807, 2.05) is 31.9 Å². The van der Waals surface area contributed by atoms with Crippen LogP contribution in [0.2, 0.25) is 0 Å². The van der Waals surface area contributed by atoms with Gasteiger partial charge < -0.3 is 9.64 Å². The van der Waals surface area contributed by atoms with Gasteiger partial charge in [-0.25, -0.2) is 0 Å². The first-order valence-electron chi connectivity index (χ1n) is 6.02. The molecule has 0 bridgehead atoms. The van der Waals surface area contributed by atoms with Crippen molar-refractivity contribution in [2.75, 3.05) is 18.5 Å². The van der Waals surface area contributed by atoms with Crippen molar-refractivity contribution >= 4 is 21.8 Å². The fraction of sp³-hybridized carbons (Fsp3) is 0.667. The average Bonchev–Trinajstić information content (AvgIpc) is 2.69. The largest absolute Gasteiger partial charge is 0.373 e. The van der Waals surface area contributed by atoms with Crippen LogP contribution in [-0.2, 0) is 11.8 Å². The summed E-state index contributed by atoms with van der Waals surface area (Å²) in [5, 5.41) is 4.98. The Morgan fingerprint density at radius 3 is 2.94 bits per heavy atom. The second kappa shape index (κ2) is 5.40. The zero-order valence-corrected chi connectivity index (χ0v) is 12.5. The van der Waals surface area contributed by atoms with Gasteiger partial charge in [-0.2, -0.15) is 5.10 Å². The Kier molecular flexibility index (Phi) is 4.07. The third kappa shape index (κ3) is 2.59. The third-order valence-corrected chi connectivity index (χ3v) is 3.99. The number of aryl methyl sites for hydroxylation is 2. The first kappa shape index (κ1) is 13.5. The lowest BCUT2D eigenvalue weighted by molar-refractivity contribution is -0.0363. The van der Waals surface area contributed by atoms with Crippen LogP contribution in [0.4, 0.5) is 0 Å². The van der Waals surface area contributed by atoms with E-state index in [0.29, 0.717) is 18.8 Å². The molecule has 0 radical (unpaired) electrons. The highest BCUT2D eigenvalue weighted by Gasteiger charge is 2.30.